The molecule has 0 amide bonds. The summed E-state index contributed by atoms with van der Waals surface area (Å²) >= 11 is 6.82. The molecule has 4 saturated carbocycles. The number of hydrogen-bond acceptors (Lipinski definition) is 5. The molecule has 1 aromatic rings. The summed E-state index contributed by atoms with van der Waals surface area (Å²) in [5.41, 5.74) is -0.636. The van der Waals surface area contributed by atoms with E-state index in [0.29, 0.717) is 24.3 Å². The average molecular weight is 499 g/mol. The Bertz CT molecular complexity index is 966. The Hall–Kier alpha value is -0.870. The Morgan fingerprint density at radius 3 is 2.34 bits per heavy atom. The second-order valence-electron chi connectivity index (χ2n) is 9.54. The maximum Gasteiger partial charge on any atom is 0.524 e. The summed E-state index contributed by atoms with van der Waals surface area (Å²) in [5.74, 6) is -2.07. The molecule has 4 aliphatic carbocycles. The second-order valence-corrected chi connectivity index (χ2v) is 11.5. The van der Waals surface area contributed by atoms with Gasteiger partial charge in [-0.1, -0.05) is 12.1 Å². The van der Waals surface area contributed by atoms with E-state index in [1.165, 1.54) is 18.2 Å². The van der Waals surface area contributed by atoms with Crippen LogP contribution in [0.15, 0.2) is 18.2 Å². The molecule has 4 bridgehead atoms. The van der Waals surface area contributed by atoms with Crippen LogP contribution in [0.25, 0.3) is 0 Å². The highest BCUT2D eigenvalue weighted by molar-refractivity contribution is 7.46. The molecule has 5 aliphatic rings. The van der Waals surface area contributed by atoms with Crippen molar-refractivity contribution in [2.45, 2.75) is 61.5 Å². The lowest BCUT2D eigenvalue weighted by atomic mass is 9.46. The van der Waals surface area contributed by atoms with Crippen LogP contribution in [0, 0.1) is 24.7 Å². The number of alkyl halides is 4. The maximum absolute atomic E-state index is 13.2. The highest BCUT2D eigenvalue weighted by Crippen LogP contribution is 2.71. The number of hydrogen-bond donors (Lipinski definition) is 2. The second kappa shape index (κ2) is 7.07. The summed E-state index contributed by atoms with van der Waals surface area (Å²) in [6, 6.07) is 4.27. The van der Waals surface area contributed by atoms with Gasteiger partial charge in [-0.3, -0.25) is 9.79 Å². The molecular weight excluding hydrogens is 476 g/mol. The van der Waals surface area contributed by atoms with Gasteiger partial charge < -0.3 is 9.26 Å². The van der Waals surface area contributed by atoms with Crippen molar-refractivity contribution >= 4 is 19.4 Å². The molecule has 3 atom stereocenters. The number of aryl methyl sites for hydroxylation is 1. The highest BCUT2D eigenvalue weighted by atomic mass is 35.5. The van der Waals surface area contributed by atoms with E-state index in [4.69, 9.17) is 30.6 Å². The lowest BCUT2D eigenvalue weighted by Gasteiger charge is -2.70. The van der Waals surface area contributed by atoms with Crippen LogP contribution in [-0.2, 0) is 24.9 Å². The normalized spacial score (nSPS) is 40.5. The van der Waals surface area contributed by atoms with E-state index in [-0.39, 0.29) is 23.1 Å². The van der Waals surface area contributed by atoms with E-state index in [0.717, 1.165) is 19.3 Å². The van der Waals surface area contributed by atoms with Crippen molar-refractivity contribution in [3.63, 3.8) is 0 Å². The number of phosphoric ester groups is 1. The SMILES string of the molecule is Cc1ccc(C2(OCC(F)(F)F)OOC23C2CC4CC3CC(Cl)(C4)C2)cc1OP(=O)(O)O. The number of benzene rings is 1. The van der Waals surface area contributed by atoms with E-state index in [2.05, 4.69) is 0 Å². The van der Waals surface area contributed by atoms with Crippen LogP contribution < -0.4 is 4.52 Å². The van der Waals surface area contributed by atoms with Crippen molar-refractivity contribution in [2.24, 2.45) is 17.8 Å². The highest BCUT2D eigenvalue weighted by Gasteiger charge is 2.78. The third-order valence-corrected chi connectivity index (χ3v) is 8.26. The maximum atomic E-state index is 13.2. The predicted octanol–water partition coefficient (Wildman–Crippen LogP) is 4.72. The fourth-order valence-corrected chi connectivity index (χ4v) is 7.51. The van der Waals surface area contributed by atoms with Gasteiger partial charge in [0, 0.05) is 10.4 Å². The Morgan fingerprint density at radius 1 is 1.19 bits per heavy atom. The van der Waals surface area contributed by atoms with Gasteiger partial charge in [0.2, 0.25) is 0 Å². The fourth-order valence-electron chi connectivity index (χ4n) is 6.47. The minimum absolute atomic E-state index is 0.151. The summed E-state index contributed by atoms with van der Waals surface area (Å²) in [6.07, 6.45) is -1.13. The Morgan fingerprint density at radius 2 is 1.84 bits per heavy atom. The minimum Gasteiger partial charge on any atom is -0.404 e. The van der Waals surface area contributed by atoms with Crippen LogP contribution in [0.3, 0.4) is 0 Å². The molecule has 1 aromatic carbocycles. The molecule has 7 nitrogen and oxygen atoms in total. The smallest absolute Gasteiger partial charge is 0.404 e. The first kappa shape index (κ1) is 22.9. The van der Waals surface area contributed by atoms with Crippen molar-refractivity contribution in [3.05, 3.63) is 29.3 Å². The number of ether oxygens (including phenoxy) is 1. The third kappa shape index (κ3) is 3.50. The van der Waals surface area contributed by atoms with Crippen molar-refractivity contribution in [2.75, 3.05) is 6.61 Å². The number of phosphoric acid groups is 1. The quantitative estimate of drug-likeness (QED) is 0.345. The van der Waals surface area contributed by atoms with E-state index >= 15 is 0 Å². The lowest BCUT2D eigenvalue weighted by molar-refractivity contribution is -0.650. The first-order valence-electron chi connectivity index (χ1n) is 10.4. The molecular formula is C20H23ClF3O7P. The van der Waals surface area contributed by atoms with Crippen LogP contribution >= 0.6 is 19.4 Å². The van der Waals surface area contributed by atoms with Crippen LogP contribution in [-0.4, -0.2) is 33.0 Å². The standard InChI is InChI=1S/C20H23ClF3O7P/c1-11-2-3-13(6-16(11)29-32(25,26)27)20(28-10-18(22,23)24)19(30-31-20)14-4-12-5-15(19)9-17(21,7-12)8-14/h2-3,6,12,14-15H,4-5,7-10H2,1H3,(H2,25,26,27). The molecule has 0 aromatic heterocycles. The van der Waals surface area contributed by atoms with Gasteiger partial charge >= 0.3 is 14.0 Å². The van der Waals surface area contributed by atoms with Crippen molar-refractivity contribution in [1.29, 1.82) is 0 Å². The predicted molar refractivity (Wildman–Crippen MR) is 105 cm³/mol. The largest absolute Gasteiger partial charge is 0.524 e. The lowest BCUT2D eigenvalue weighted by Crippen LogP contribution is -2.78. The van der Waals surface area contributed by atoms with Gasteiger partial charge in [0.05, 0.1) is 0 Å². The summed E-state index contributed by atoms with van der Waals surface area (Å²) in [4.78, 5) is 29.2. The third-order valence-electron chi connectivity index (χ3n) is 7.36. The van der Waals surface area contributed by atoms with Gasteiger partial charge in [-0.25, -0.2) is 9.45 Å². The van der Waals surface area contributed by atoms with E-state index in [1.54, 1.807) is 6.92 Å². The molecule has 2 N–H and O–H groups in total. The van der Waals surface area contributed by atoms with Gasteiger partial charge in [-0.15, -0.1) is 11.6 Å². The van der Waals surface area contributed by atoms with Crippen molar-refractivity contribution < 1.29 is 46.6 Å². The topological polar surface area (TPSA) is 94.5 Å². The van der Waals surface area contributed by atoms with Crippen LogP contribution in [0.2, 0.25) is 0 Å². The minimum atomic E-state index is -4.90. The zero-order chi connectivity index (χ0) is 23.2. The molecule has 1 saturated heterocycles. The summed E-state index contributed by atoms with van der Waals surface area (Å²) in [6.45, 7) is -0.0123. The van der Waals surface area contributed by atoms with Crippen LogP contribution in [0.4, 0.5) is 13.2 Å². The molecule has 178 valence electrons. The Kier molecular flexibility index (Phi) is 5.06. The van der Waals surface area contributed by atoms with Crippen molar-refractivity contribution in [1.82, 2.24) is 0 Å². The molecule has 1 spiro atoms. The molecule has 12 heteroatoms. The van der Waals surface area contributed by atoms with Gasteiger partial charge in [-0.05, 0) is 68.4 Å². The van der Waals surface area contributed by atoms with Gasteiger partial charge in [0.15, 0.2) is 5.60 Å². The molecule has 5 fully saturated rings. The van der Waals surface area contributed by atoms with E-state index < -0.39 is 36.9 Å². The molecule has 1 heterocycles. The number of rotatable bonds is 5. The Labute approximate surface area is 187 Å². The summed E-state index contributed by atoms with van der Waals surface area (Å²) in [7, 11) is -4.90. The van der Waals surface area contributed by atoms with Gasteiger partial charge in [-0.2, -0.15) is 18.1 Å². The zero-order valence-electron chi connectivity index (χ0n) is 17.1. The molecule has 32 heavy (non-hydrogen) atoms. The summed E-state index contributed by atoms with van der Waals surface area (Å²) < 4.78 is 61.4. The summed E-state index contributed by atoms with van der Waals surface area (Å²) in [5, 5.41) is 0. The van der Waals surface area contributed by atoms with E-state index in [1.807, 2.05) is 0 Å². The van der Waals surface area contributed by atoms with E-state index in [9.17, 15) is 27.5 Å². The average Bonchev–Trinajstić information content (AvgIpc) is 2.60. The van der Waals surface area contributed by atoms with Crippen LogP contribution in [0.1, 0.15) is 43.2 Å². The zero-order valence-corrected chi connectivity index (χ0v) is 18.8. The van der Waals surface area contributed by atoms with Crippen LogP contribution in [0.5, 0.6) is 5.75 Å². The first-order chi connectivity index (χ1) is 14.8. The molecule has 6 rings (SSSR count). The molecule has 1 aliphatic heterocycles. The van der Waals surface area contributed by atoms with Gasteiger partial charge in [0.25, 0.3) is 5.79 Å². The Balaban J connectivity index is 1.60. The molecule has 3 unspecified atom stereocenters. The molecule has 0 radical (unpaired) electrons. The number of halogens is 4. The fraction of sp³-hybridized carbons (Fsp3) is 0.700. The monoisotopic (exact) mass is 498 g/mol. The van der Waals surface area contributed by atoms with Crippen molar-refractivity contribution in [3.8, 4) is 5.75 Å². The van der Waals surface area contributed by atoms with Gasteiger partial charge in [0.1, 0.15) is 12.4 Å². The first-order valence-corrected chi connectivity index (χ1v) is 12.3.